The molecule has 3 aliphatic rings. The van der Waals surface area contributed by atoms with Gasteiger partial charge in [-0.25, -0.2) is 14.8 Å². The van der Waals surface area contributed by atoms with Gasteiger partial charge in [-0.3, -0.25) is 9.69 Å². The third-order valence-corrected chi connectivity index (χ3v) is 6.44. The van der Waals surface area contributed by atoms with Gasteiger partial charge in [0.25, 0.3) is 0 Å². The zero-order valence-electron chi connectivity index (χ0n) is 19.2. The van der Waals surface area contributed by atoms with Gasteiger partial charge in [-0.05, 0) is 49.9 Å². The van der Waals surface area contributed by atoms with Crippen molar-refractivity contribution in [2.75, 3.05) is 55.5 Å². The van der Waals surface area contributed by atoms with E-state index in [1.54, 1.807) is 16.8 Å². The number of amides is 3. The van der Waals surface area contributed by atoms with Gasteiger partial charge in [0, 0.05) is 56.5 Å². The first-order chi connectivity index (χ1) is 16.0. The molecular formula is C24H30N6O3. The Morgan fingerprint density at radius 1 is 1.03 bits per heavy atom. The minimum Gasteiger partial charge on any atom is -0.378 e. The van der Waals surface area contributed by atoms with Crippen molar-refractivity contribution in [2.24, 2.45) is 5.92 Å². The first-order valence-corrected chi connectivity index (χ1v) is 11.6. The molecule has 1 aromatic carbocycles. The molecule has 1 N–H and O–H groups in total. The summed E-state index contributed by atoms with van der Waals surface area (Å²) >= 11 is 0. The summed E-state index contributed by atoms with van der Waals surface area (Å²) in [5.74, 6) is 1.94. The monoisotopic (exact) mass is 450 g/mol. The van der Waals surface area contributed by atoms with Crippen LogP contribution < -0.4 is 15.1 Å². The van der Waals surface area contributed by atoms with Crippen LogP contribution in [0.4, 0.5) is 22.1 Å². The van der Waals surface area contributed by atoms with E-state index in [-0.39, 0.29) is 17.9 Å². The summed E-state index contributed by atoms with van der Waals surface area (Å²) in [6.07, 6.45) is 4.02. The van der Waals surface area contributed by atoms with Gasteiger partial charge in [0.15, 0.2) is 5.82 Å². The summed E-state index contributed by atoms with van der Waals surface area (Å²) in [5, 5.41) is 2.96. The fraction of sp³-hybridized carbons (Fsp3) is 0.500. The molecule has 0 bridgehead atoms. The maximum absolute atomic E-state index is 12.7. The van der Waals surface area contributed by atoms with Gasteiger partial charge in [0.1, 0.15) is 11.6 Å². The van der Waals surface area contributed by atoms with E-state index in [9.17, 15) is 9.59 Å². The molecule has 2 aromatic rings. The van der Waals surface area contributed by atoms with Crippen LogP contribution in [0.25, 0.3) is 11.4 Å². The molecule has 3 fully saturated rings. The molecule has 1 aliphatic heterocycles. The van der Waals surface area contributed by atoms with E-state index < -0.39 is 0 Å². The van der Waals surface area contributed by atoms with Gasteiger partial charge < -0.3 is 19.9 Å². The van der Waals surface area contributed by atoms with Crippen molar-refractivity contribution in [3.63, 3.8) is 0 Å². The smallest absolute Gasteiger partial charge is 0.324 e. The molecule has 174 valence electrons. The summed E-state index contributed by atoms with van der Waals surface area (Å²) in [7, 11) is 3.64. The van der Waals surface area contributed by atoms with Crippen LogP contribution in [0.2, 0.25) is 0 Å². The summed E-state index contributed by atoms with van der Waals surface area (Å²) in [6.45, 7) is 2.78. The molecule has 9 heteroatoms. The van der Waals surface area contributed by atoms with Crippen LogP contribution in [0.3, 0.4) is 0 Å². The number of anilines is 3. The molecule has 1 aromatic heterocycles. The van der Waals surface area contributed by atoms with E-state index >= 15 is 0 Å². The number of morpholine rings is 1. The average molecular weight is 451 g/mol. The summed E-state index contributed by atoms with van der Waals surface area (Å²) in [6, 6.07) is 9.83. The van der Waals surface area contributed by atoms with Gasteiger partial charge in [0.05, 0.1) is 13.2 Å². The fourth-order valence-corrected chi connectivity index (χ4v) is 3.95. The van der Waals surface area contributed by atoms with Crippen molar-refractivity contribution < 1.29 is 14.3 Å². The standard InChI is InChI=1S/C24H30N6O3/c1-28(24(32)29(2)19-9-10-19)18-7-5-16(6-8-18)22-25-20(26-23(31)17-3-4-17)15-21(27-22)30-11-13-33-14-12-30/h5-8,15,17,19H,3-4,9-14H2,1-2H3,(H,25,26,27,31). The maximum atomic E-state index is 12.7. The number of hydrogen-bond donors (Lipinski definition) is 1. The molecule has 5 rings (SSSR count). The van der Waals surface area contributed by atoms with Crippen LogP contribution in [-0.4, -0.2) is 73.2 Å². The van der Waals surface area contributed by atoms with Crippen molar-refractivity contribution in [1.82, 2.24) is 14.9 Å². The molecule has 0 radical (unpaired) electrons. The molecular weight excluding hydrogens is 420 g/mol. The lowest BCUT2D eigenvalue weighted by Crippen LogP contribution is -2.40. The number of hydrogen-bond acceptors (Lipinski definition) is 6. The number of urea groups is 1. The van der Waals surface area contributed by atoms with Gasteiger partial charge in [-0.1, -0.05) is 0 Å². The lowest BCUT2D eigenvalue weighted by Gasteiger charge is -2.28. The van der Waals surface area contributed by atoms with E-state index in [0.717, 1.165) is 55.8 Å². The lowest BCUT2D eigenvalue weighted by atomic mass is 10.2. The Morgan fingerprint density at radius 2 is 1.73 bits per heavy atom. The van der Waals surface area contributed by atoms with E-state index in [1.165, 1.54) is 0 Å². The Labute approximate surface area is 193 Å². The number of nitrogens with one attached hydrogen (secondary N) is 1. The molecule has 2 heterocycles. The zero-order valence-corrected chi connectivity index (χ0v) is 19.2. The molecule has 0 unspecified atom stereocenters. The van der Waals surface area contributed by atoms with Crippen LogP contribution in [0.5, 0.6) is 0 Å². The van der Waals surface area contributed by atoms with Crippen LogP contribution in [0, 0.1) is 5.92 Å². The minimum atomic E-state index is -0.0131. The number of carbonyl (C=O) groups excluding carboxylic acids is 2. The Kier molecular flexibility index (Phi) is 5.88. The average Bonchev–Trinajstić information content (AvgIpc) is 3.76. The van der Waals surface area contributed by atoms with Gasteiger partial charge in [-0.2, -0.15) is 0 Å². The Balaban J connectivity index is 1.39. The number of rotatable bonds is 6. The van der Waals surface area contributed by atoms with Crippen LogP contribution in [0.15, 0.2) is 30.3 Å². The predicted octanol–water partition coefficient (Wildman–Crippen LogP) is 2.98. The Morgan fingerprint density at radius 3 is 2.36 bits per heavy atom. The minimum absolute atomic E-state index is 0.0131. The topological polar surface area (TPSA) is 90.9 Å². The second-order valence-electron chi connectivity index (χ2n) is 9.03. The van der Waals surface area contributed by atoms with Gasteiger partial charge in [-0.15, -0.1) is 0 Å². The lowest BCUT2D eigenvalue weighted by molar-refractivity contribution is -0.117. The highest BCUT2D eigenvalue weighted by molar-refractivity contribution is 5.94. The molecule has 0 atom stereocenters. The van der Waals surface area contributed by atoms with Gasteiger partial charge >= 0.3 is 6.03 Å². The molecule has 2 saturated carbocycles. The predicted molar refractivity (Wildman–Crippen MR) is 126 cm³/mol. The maximum Gasteiger partial charge on any atom is 0.324 e. The third kappa shape index (κ3) is 4.93. The first-order valence-electron chi connectivity index (χ1n) is 11.6. The van der Waals surface area contributed by atoms with Crippen molar-refractivity contribution >= 4 is 29.3 Å². The third-order valence-electron chi connectivity index (χ3n) is 6.44. The van der Waals surface area contributed by atoms with Crippen molar-refractivity contribution in [3.8, 4) is 11.4 Å². The molecule has 2 aliphatic carbocycles. The number of benzene rings is 1. The molecule has 1 saturated heterocycles. The Bertz CT molecular complexity index is 1030. The Hall–Kier alpha value is -3.20. The largest absolute Gasteiger partial charge is 0.378 e. The van der Waals surface area contributed by atoms with Crippen LogP contribution >= 0.6 is 0 Å². The molecule has 9 nitrogen and oxygen atoms in total. The second-order valence-corrected chi connectivity index (χ2v) is 9.03. The van der Waals surface area contributed by atoms with E-state index in [4.69, 9.17) is 9.72 Å². The second kappa shape index (κ2) is 8.97. The van der Waals surface area contributed by atoms with E-state index in [0.29, 0.717) is 30.9 Å². The fourth-order valence-electron chi connectivity index (χ4n) is 3.95. The number of ether oxygens (including phenoxy) is 1. The SMILES string of the molecule is CN(C(=O)N(C)C1CC1)c1ccc(-c2nc(NC(=O)C3CC3)cc(N3CCOCC3)n2)cc1. The van der Waals surface area contributed by atoms with Crippen molar-refractivity contribution in [3.05, 3.63) is 30.3 Å². The van der Waals surface area contributed by atoms with Crippen molar-refractivity contribution in [2.45, 2.75) is 31.7 Å². The molecule has 33 heavy (non-hydrogen) atoms. The van der Waals surface area contributed by atoms with Gasteiger partial charge in [0.2, 0.25) is 5.91 Å². The normalized spacial score (nSPS) is 18.1. The zero-order chi connectivity index (χ0) is 22.9. The van der Waals surface area contributed by atoms with Crippen LogP contribution in [0.1, 0.15) is 25.7 Å². The summed E-state index contributed by atoms with van der Waals surface area (Å²) in [4.78, 5) is 40.1. The number of nitrogens with zero attached hydrogens (tertiary/aromatic N) is 5. The quantitative estimate of drug-likeness (QED) is 0.728. The first kappa shape index (κ1) is 21.6. The summed E-state index contributed by atoms with van der Waals surface area (Å²) < 4.78 is 5.47. The number of aromatic nitrogens is 2. The molecule has 3 amide bonds. The number of carbonyl (C=O) groups is 2. The molecule has 0 spiro atoms. The van der Waals surface area contributed by atoms with Crippen molar-refractivity contribution in [1.29, 1.82) is 0 Å². The van der Waals surface area contributed by atoms with E-state index in [2.05, 4.69) is 15.2 Å². The highest BCUT2D eigenvalue weighted by Crippen LogP contribution is 2.31. The highest BCUT2D eigenvalue weighted by atomic mass is 16.5. The van der Waals surface area contributed by atoms with E-state index in [1.807, 2.05) is 37.4 Å². The summed E-state index contributed by atoms with van der Waals surface area (Å²) in [5.41, 5.74) is 1.63. The highest BCUT2D eigenvalue weighted by Gasteiger charge is 2.32. The van der Waals surface area contributed by atoms with Crippen LogP contribution in [-0.2, 0) is 9.53 Å².